The van der Waals surface area contributed by atoms with Crippen molar-refractivity contribution in [1.29, 1.82) is 0 Å². The van der Waals surface area contributed by atoms with Crippen LogP contribution in [0.4, 0.5) is 5.69 Å². The number of nitrogens with one attached hydrogen (secondary N) is 1. The Bertz CT molecular complexity index is 599. The maximum atomic E-state index is 10.9. The standard InChI is InChI=1S/C15H17N3O2/c1-11-6-7-13(12(2)9-11)17-15(10-18(19)20)14-5-3-4-8-16-14/h3-9,15,17H,10H2,1-2H3. The summed E-state index contributed by atoms with van der Waals surface area (Å²) in [4.78, 5) is 14.7. The van der Waals surface area contributed by atoms with Gasteiger partial charge < -0.3 is 5.32 Å². The molecule has 0 aliphatic heterocycles. The van der Waals surface area contributed by atoms with Crippen molar-refractivity contribution in [3.05, 3.63) is 69.5 Å². The molecule has 1 aromatic carbocycles. The van der Waals surface area contributed by atoms with Crippen LogP contribution < -0.4 is 5.32 Å². The van der Waals surface area contributed by atoms with Gasteiger partial charge in [0.25, 0.3) is 0 Å². The molecular formula is C15H17N3O2. The molecule has 104 valence electrons. The van der Waals surface area contributed by atoms with E-state index in [4.69, 9.17) is 0 Å². The van der Waals surface area contributed by atoms with E-state index in [2.05, 4.69) is 10.3 Å². The van der Waals surface area contributed by atoms with Gasteiger partial charge in [-0.1, -0.05) is 23.8 Å². The molecule has 0 spiro atoms. The Morgan fingerprint density at radius 2 is 2.10 bits per heavy atom. The predicted octanol–water partition coefficient (Wildman–Crippen LogP) is 3.13. The summed E-state index contributed by atoms with van der Waals surface area (Å²) < 4.78 is 0. The molecule has 1 unspecified atom stereocenters. The summed E-state index contributed by atoms with van der Waals surface area (Å²) in [6, 6.07) is 11.0. The molecule has 0 radical (unpaired) electrons. The molecule has 2 rings (SSSR count). The molecule has 0 bridgehead atoms. The van der Waals surface area contributed by atoms with Gasteiger partial charge in [0.15, 0.2) is 0 Å². The molecule has 5 heteroatoms. The predicted molar refractivity (Wildman–Crippen MR) is 78.4 cm³/mol. The second-order valence-corrected chi connectivity index (χ2v) is 4.79. The normalized spacial score (nSPS) is 11.9. The fraction of sp³-hybridized carbons (Fsp3) is 0.267. The van der Waals surface area contributed by atoms with E-state index >= 15 is 0 Å². The number of pyridine rings is 1. The van der Waals surface area contributed by atoms with Crippen molar-refractivity contribution in [2.75, 3.05) is 11.9 Å². The van der Waals surface area contributed by atoms with E-state index in [9.17, 15) is 10.1 Å². The first kappa shape index (κ1) is 14.0. The Labute approximate surface area is 117 Å². The van der Waals surface area contributed by atoms with Crippen LogP contribution in [0.3, 0.4) is 0 Å². The zero-order valence-corrected chi connectivity index (χ0v) is 11.5. The van der Waals surface area contributed by atoms with Crippen molar-refractivity contribution in [3.8, 4) is 0 Å². The average Bonchev–Trinajstić information content (AvgIpc) is 2.41. The Morgan fingerprint density at radius 1 is 1.30 bits per heavy atom. The summed E-state index contributed by atoms with van der Waals surface area (Å²) in [6.45, 7) is 3.80. The Balaban J connectivity index is 2.26. The van der Waals surface area contributed by atoms with E-state index in [1.54, 1.807) is 18.3 Å². The summed E-state index contributed by atoms with van der Waals surface area (Å²) in [6.07, 6.45) is 1.64. The minimum atomic E-state index is -0.437. The van der Waals surface area contributed by atoms with Crippen LogP contribution >= 0.6 is 0 Å². The summed E-state index contributed by atoms with van der Waals surface area (Å²) in [5, 5.41) is 14.1. The zero-order chi connectivity index (χ0) is 14.5. The SMILES string of the molecule is Cc1ccc(NC(C[N+](=O)[O-])c2ccccn2)c(C)c1. The number of hydrogen-bond donors (Lipinski definition) is 1. The maximum Gasteiger partial charge on any atom is 0.229 e. The number of anilines is 1. The van der Waals surface area contributed by atoms with Gasteiger partial charge in [0.2, 0.25) is 6.54 Å². The second kappa shape index (κ2) is 6.14. The van der Waals surface area contributed by atoms with Crippen molar-refractivity contribution in [2.45, 2.75) is 19.9 Å². The molecule has 20 heavy (non-hydrogen) atoms. The van der Waals surface area contributed by atoms with Crippen molar-refractivity contribution >= 4 is 5.69 Å². The highest BCUT2D eigenvalue weighted by atomic mass is 16.6. The second-order valence-electron chi connectivity index (χ2n) is 4.79. The lowest BCUT2D eigenvalue weighted by Crippen LogP contribution is -2.21. The van der Waals surface area contributed by atoms with Crippen molar-refractivity contribution in [1.82, 2.24) is 4.98 Å². The Hall–Kier alpha value is -2.43. The average molecular weight is 271 g/mol. The molecule has 2 aromatic rings. The highest BCUT2D eigenvalue weighted by molar-refractivity contribution is 5.53. The van der Waals surface area contributed by atoms with Gasteiger partial charge in [0.1, 0.15) is 6.04 Å². The molecule has 0 fully saturated rings. The molecule has 0 aliphatic carbocycles. The van der Waals surface area contributed by atoms with Crippen LogP contribution in [0.15, 0.2) is 42.6 Å². The van der Waals surface area contributed by atoms with Gasteiger partial charge in [-0.25, -0.2) is 0 Å². The molecule has 1 N–H and O–H groups in total. The summed E-state index contributed by atoms with van der Waals surface area (Å²) in [5.74, 6) is 0. The fourth-order valence-electron chi connectivity index (χ4n) is 2.11. The van der Waals surface area contributed by atoms with E-state index in [1.807, 2.05) is 38.1 Å². The van der Waals surface area contributed by atoms with E-state index in [0.29, 0.717) is 5.69 Å². The minimum absolute atomic E-state index is 0.204. The van der Waals surface area contributed by atoms with Crippen molar-refractivity contribution in [2.24, 2.45) is 0 Å². The Kier molecular flexibility index (Phi) is 4.30. The fourth-order valence-corrected chi connectivity index (χ4v) is 2.11. The summed E-state index contributed by atoms with van der Waals surface area (Å²) >= 11 is 0. The third kappa shape index (κ3) is 3.54. The van der Waals surface area contributed by atoms with Crippen LogP contribution in [0.25, 0.3) is 0 Å². The van der Waals surface area contributed by atoms with E-state index in [-0.39, 0.29) is 11.5 Å². The molecular weight excluding hydrogens is 254 g/mol. The lowest BCUT2D eigenvalue weighted by molar-refractivity contribution is -0.482. The molecule has 1 aromatic heterocycles. The molecule has 0 aliphatic rings. The lowest BCUT2D eigenvalue weighted by atomic mass is 10.1. The van der Waals surface area contributed by atoms with Gasteiger partial charge in [-0.3, -0.25) is 15.1 Å². The highest BCUT2D eigenvalue weighted by Gasteiger charge is 2.19. The molecule has 0 saturated heterocycles. The number of rotatable bonds is 5. The van der Waals surface area contributed by atoms with Crippen LogP contribution in [0.2, 0.25) is 0 Å². The quantitative estimate of drug-likeness (QED) is 0.670. The van der Waals surface area contributed by atoms with Gasteiger partial charge in [0, 0.05) is 16.8 Å². The number of hydrogen-bond acceptors (Lipinski definition) is 4. The van der Waals surface area contributed by atoms with Gasteiger partial charge in [-0.15, -0.1) is 0 Å². The third-order valence-corrected chi connectivity index (χ3v) is 3.09. The smallest absolute Gasteiger partial charge is 0.229 e. The van der Waals surface area contributed by atoms with Gasteiger partial charge >= 0.3 is 0 Å². The van der Waals surface area contributed by atoms with E-state index in [1.165, 1.54) is 0 Å². The molecule has 5 nitrogen and oxygen atoms in total. The van der Waals surface area contributed by atoms with E-state index < -0.39 is 6.04 Å². The summed E-state index contributed by atoms with van der Waals surface area (Å²) in [5.41, 5.74) is 3.79. The van der Waals surface area contributed by atoms with Gasteiger partial charge in [-0.2, -0.15) is 0 Å². The zero-order valence-electron chi connectivity index (χ0n) is 11.5. The minimum Gasteiger partial charge on any atom is -0.371 e. The van der Waals surface area contributed by atoms with Gasteiger partial charge in [-0.05, 0) is 37.6 Å². The van der Waals surface area contributed by atoms with E-state index in [0.717, 1.165) is 16.8 Å². The number of nitro groups is 1. The van der Waals surface area contributed by atoms with Crippen LogP contribution in [-0.4, -0.2) is 16.5 Å². The van der Waals surface area contributed by atoms with Crippen LogP contribution in [0, 0.1) is 24.0 Å². The first-order chi connectivity index (χ1) is 9.56. The van der Waals surface area contributed by atoms with Gasteiger partial charge in [0.05, 0.1) is 5.69 Å². The Morgan fingerprint density at radius 3 is 2.70 bits per heavy atom. The molecule has 1 atom stereocenters. The van der Waals surface area contributed by atoms with Crippen LogP contribution in [0.1, 0.15) is 22.9 Å². The highest BCUT2D eigenvalue weighted by Crippen LogP contribution is 2.22. The lowest BCUT2D eigenvalue weighted by Gasteiger charge is -2.17. The summed E-state index contributed by atoms with van der Waals surface area (Å²) in [7, 11) is 0. The first-order valence-electron chi connectivity index (χ1n) is 6.43. The molecule has 1 heterocycles. The molecule has 0 saturated carbocycles. The van der Waals surface area contributed by atoms with Crippen LogP contribution in [0.5, 0.6) is 0 Å². The third-order valence-electron chi connectivity index (χ3n) is 3.09. The van der Waals surface area contributed by atoms with Crippen molar-refractivity contribution in [3.63, 3.8) is 0 Å². The number of nitrogens with zero attached hydrogens (tertiary/aromatic N) is 2. The number of aromatic nitrogens is 1. The topological polar surface area (TPSA) is 68.1 Å². The first-order valence-corrected chi connectivity index (χ1v) is 6.43. The monoisotopic (exact) mass is 271 g/mol. The number of benzene rings is 1. The number of aryl methyl sites for hydroxylation is 2. The largest absolute Gasteiger partial charge is 0.371 e. The van der Waals surface area contributed by atoms with Crippen LogP contribution in [-0.2, 0) is 0 Å². The maximum absolute atomic E-state index is 10.9. The molecule has 0 amide bonds. The van der Waals surface area contributed by atoms with Crippen molar-refractivity contribution < 1.29 is 4.92 Å².